The molecule has 2 heterocycles. The summed E-state index contributed by atoms with van der Waals surface area (Å²) in [5.74, 6) is 1.49. The largest absolute Gasteiger partial charge is 0.416 e. The summed E-state index contributed by atoms with van der Waals surface area (Å²) in [6.07, 6.45) is -1.98. The van der Waals surface area contributed by atoms with Crippen LogP contribution in [0.1, 0.15) is 30.1 Å². The van der Waals surface area contributed by atoms with Gasteiger partial charge in [0.25, 0.3) is 0 Å². The van der Waals surface area contributed by atoms with Crippen LogP contribution in [0.5, 0.6) is 0 Å². The zero-order valence-corrected chi connectivity index (χ0v) is 15.0. The average molecular weight is 383 g/mol. The van der Waals surface area contributed by atoms with Crippen LogP contribution in [0.4, 0.5) is 18.9 Å². The number of benzene rings is 1. The number of hydrogen-bond acceptors (Lipinski definition) is 4. The van der Waals surface area contributed by atoms with E-state index in [0.29, 0.717) is 36.1 Å². The fourth-order valence-corrected chi connectivity index (χ4v) is 3.44. The van der Waals surface area contributed by atoms with Crippen molar-refractivity contribution in [3.05, 3.63) is 40.4 Å². The molecule has 4 rings (SSSR count). The number of piperazine rings is 1. The van der Waals surface area contributed by atoms with Crippen LogP contribution in [0.25, 0.3) is 0 Å². The van der Waals surface area contributed by atoms with Crippen molar-refractivity contribution in [2.24, 2.45) is 0 Å². The van der Waals surface area contributed by atoms with E-state index >= 15 is 0 Å². The van der Waals surface area contributed by atoms with Crippen LogP contribution in [0.3, 0.4) is 0 Å². The van der Waals surface area contributed by atoms with Crippen molar-refractivity contribution in [2.75, 3.05) is 31.1 Å². The van der Waals surface area contributed by atoms with Crippen molar-refractivity contribution < 1.29 is 13.2 Å². The van der Waals surface area contributed by atoms with Gasteiger partial charge in [-0.25, -0.2) is 9.67 Å². The molecule has 1 N–H and O–H groups in total. The number of alkyl halides is 3. The molecule has 0 atom stereocenters. The highest BCUT2D eigenvalue weighted by Gasteiger charge is 2.31. The van der Waals surface area contributed by atoms with Gasteiger partial charge in [-0.05, 0) is 43.3 Å². The molecule has 1 aromatic heterocycles. The molecule has 2 fully saturated rings. The molecule has 1 saturated heterocycles. The summed E-state index contributed by atoms with van der Waals surface area (Å²) in [5, 5.41) is 3.28. The summed E-state index contributed by atoms with van der Waals surface area (Å²) in [5.41, 5.74) is 0.0162. The van der Waals surface area contributed by atoms with Crippen LogP contribution < -0.4 is 4.90 Å². The quantitative estimate of drug-likeness (QED) is 0.819. The summed E-state index contributed by atoms with van der Waals surface area (Å²) in [7, 11) is 0. The van der Waals surface area contributed by atoms with Crippen molar-refractivity contribution in [1.82, 2.24) is 19.7 Å². The minimum atomic E-state index is -4.31. The first kappa shape index (κ1) is 17.5. The van der Waals surface area contributed by atoms with E-state index in [9.17, 15) is 13.2 Å². The third-order valence-electron chi connectivity index (χ3n) is 4.91. The molecule has 140 valence electrons. The Balaban J connectivity index is 1.38. The molecule has 2 aromatic rings. The summed E-state index contributed by atoms with van der Waals surface area (Å²) < 4.78 is 41.1. The third kappa shape index (κ3) is 3.78. The zero-order chi connectivity index (χ0) is 18.3. The number of aromatic amines is 1. The third-order valence-corrected chi connectivity index (χ3v) is 5.22. The lowest BCUT2D eigenvalue weighted by Crippen LogP contribution is -2.47. The van der Waals surface area contributed by atoms with Gasteiger partial charge < -0.3 is 4.90 Å². The van der Waals surface area contributed by atoms with Crippen molar-refractivity contribution >= 4 is 17.9 Å². The van der Waals surface area contributed by atoms with Crippen molar-refractivity contribution in [3.63, 3.8) is 0 Å². The standard InChI is InChI=1S/C17H20F3N5S/c18-17(19,20)13-2-1-3-14(10-13)24-8-6-23(7-9-24)11-25-16(26)21-15(22-25)12-4-5-12/h1-3,10,12H,4-9,11H2,(H,21,22,26). The van der Waals surface area contributed by atoms with Gasteiger partial charge in [-0.2, -0.15) is 13.2 Å². The molecule has 1 saturated carbocycles. The first-order valence-corrected chi connectivity index (χ1v) is 9.12. The number of hydrogen-bond donors (Lipinski definition) is 1. The Morgan fingerprint density at radius 3 is 2.54 bits per heavy atom. The Morgan fingerprint density at radius 1 is 1.15 bits per heavy atom. The van der Waals surface area contributed by atoms with Crippen LogP contribution >= 0.6 is 12.2 Å². The molecule has 1 aliphatic carbocycles. The van der Waals surface area contributed by atoms with E-state index in [1.165, 1.54) is 12.1 Å². The van der Waals surface area contributed by atoms with E-state index in [1.54, 1.807) is 6.07 Å². The summed E-state index contributed by atoms with van der Waals surface area (Å²) in [6.45, 7) is 3.51. The topological polar surface area (TPSA) is 40.1 Å². The van der Waals surface area contributed by atoms with Gasteiger partial charge in [0, 0.05) is 37.8 Å². The SMILES string of the molecule is FC(F)(F)c1cccc(N2CCN(Cn3[nH]c(C4CC4)nc3=S)CC2)c1. The lowest BCUT2D eigenvalue weighted by molar-refractivity contribution is -0.137. The molecule has 26 heavy (non-hydrogen) atoms. The van der Waals surface area contributed by atoms with E-state index in [0.717, 1.165) is 37.8 Å². The number of rotatable bonds is 4. The number of anilines is 1. The van der Waals surface area contributed by atoms with Crippen molar-refractivity contribution in [1.29, 1.82) is 0 Å². The van der Waals surface area contributed by atoms with Gasteiger partial charge in [0.1, 0.15) is 5.82 Å². The molecule has 0 bridgehead atoms. The van der Waals surface area contributed by atoms with E-state index in [-0.39, 0.29) is 0 Å². The van der Waals surface area contributed by atoms with Gasteiger partial charge in [0.2, 0.25) is 4.77 Å². The minimum absolute atomic E-state index is 0.524. The molecule has 0 spiro atoms. The fourth-order valence-electron chi connectivity index (χ4n) is 3.24. The number of H-pyrrole nitrogens is 1. The maximum atomic E-state index is 12.9. The second-order valence-corrected chi connectivity index (χ2v) is 7.25. The minimum Gasteiger partial charge on any atom is -0.369 e. The summed E-state index contributed by atoms with van der Waals surface area (Å²) >= 11 is 5.31. The van der Waals surface area contributed by atoms with Crippen LogP contribution in [-0.2, 0) is 12.8 Å². The van der Waals surface area contributed by atoms with Crippen LogP contribution in [-0.4, -0.2) is 45.8 Å². The highest BCUT2D eigenvalue weighted by Crippen LogP contribution is 2.37. The highest BCUT2D eigenvalue weighted by atomic mass is 32.1. The number of nitrogens with zero attached hydrogens (tertiary/aromatic N) is 4. The molecule has 2 aliphatic rings. The molecular formula is C17H20F3N5S. The fraction of sp³-hybridized carbons (Fsp3) is 0.529. The normalized spacial score (nSPS) is 19.1. The molecular weight excluding hydrogens is 363 g/mol. The smallest absolute Gasteiger partial charge is 0.369 e. The van der Waals surface area contributed by atoms with E-state index in [1.807, 2.05) is 9.58 Å². The Labute approximate surface area is 154 Å². The second-order valence-electron chi connectivity index (χ2n) is 6.89. The predicted octanol–water partition coefficient (Wildman–Crippen LogP) is 3.62. The van der Waals surface area contributed by atoms with Gasteiger partial charge in [-0.3, -0.25) is 10.00 Å². The van der Waals surface area contributed by atoms with Crippen molar-refractivity contribution in [2.45, 2.75) is 31.6 Å². The molecule has 1 aromatic carbocycles. The monoisotopic (exact) mass is 383 g/mol. The second kappa shape index (κ2) is 6.70. The Hall–Kier alpha value is -1.87. The highest BCUT2D eigenvalue weighted by molar-refractivity contribution is 7.71. The summed E-state index contributed by atoms with van der Waals surface area (Å²) in [6, 6.07) is 5.53. The molecule has 5 nitrogen and oxygen atoms in total. The van der Waals surface area contributed by atoms with Gasteiger partial charge in [0.15, 0.2) is 0 Å². The number of nitrogens with one attached hydrogen (secondary N) is 1. The van der Waals surface area contributed by atoms with E-state index in [4.69, 9.17) is 12.2 Å². The predicted molar refractivity (Wildman–Crippen MR) is 94.6 cm³/mol. The van der Waals surface area contributed by atoms with Gasteiger partial charge in [-0.1, -0.05) is 6.07 Å². The summed E-state index contributed by atoms with van der Waals surface area (Å²) in [4.78, 5) is 8.64. The first-order valence-electron chi connectivity index (χ1n) is 8.71. The van der Waals surface area contributed by atoms with E-state index in [2.05, 4.69) is 15.0 Å². The van der Waals surface area contributed by atoms with Crippen molar-refractivity contribution in [3.8, 4) is 0 Å². The zero-order valence-electron chi connectivity index (χ0n) is 14.2. The molecule has 0 radical (unpaired) electrons. The average Bonchev–Trinajstić information content (AvgIpc) is 3.40. The molecule has 0 amide bonds. The molecule has 1 aliphatic heterocycles. The first-order chi connectivity index (χ1) is 12.4. The Bertz CT molecular complexity index is 831. The number of halogens is 3. The lowest BCUT2D eigenvalue weighted by atomic mass is 10.1. The maximum Gasteiger partial charge on any atom is 0.416 e. The van der Waals surface area contributed by atoms with Crippen LogP contribution in [0, 0.1) is 4.77 Å². The Kier molecular flexibility index (Phi) is 4.52. The van der Waals surface area contributed by atoms with Gasteiger partial charge in [-0.15, -0.1) is 0 Å². The molecule has 9 heteroatoms. The number of aromatic nitrogens is 3. The maximum absolute atomic E-state index is 12.9. The van der Waals surface area contributed by atoms with E-state index < -0.39 is 11.7 Å². The Morgan fingerprint density at radius 2 is 1.88 bits per heavy atom. The van der Waals surface area contributed by atoms with Crippen LogP contribution in [0.15, 0.2) is 24.3 Å². The van der Waals surface area contributed by atoms with Gasteiger partial charge in [0.05, 0.1) is 12.2 Å². The van der Waals surface area contributed by atoms with Gasteiger partial charge >= 0.3 is 6.18 Å². The van der Waals surface area contributed by atoms with Crippen LogP contribution in [0.2, 0.25) is 0 Å². The molecule has 0 unspecified atom stereocenters. The lowest BCUT2D eigenvalue weighted by Gasteiger charge is -2.36.